The van der Waals surface area contributed by atoms with Gasteiger partial charge < -0.3 is 14.7 Å². The van der Waals surface area contributed by atoms with Gasteiger partial charge in [-0.25, -0.2) is 4.98 Å². The van der Waals surface area contributed by atoms with E-state index >= 15 is 0 Å². The smallest absolute Gasteiger partial charge is 0.323 e. The van der Waals surface area contributed by atoms with Gasteiger partial charge in [0.15, 0.2) is 0 Å². The van der Waals surface area contributed by atoms with Crippen LogP contribution in [0.2, 0.25) is 0 Å². The summed E-state index contributed by atoms with van der Waals surface area (Å²) in [6, 6.07) is 0. The molecule has 2 rings (SSSR count). The lowest BCUT2D eigenvalue weighted by Gasteiger charge is -2.16. The molecular formula is C12H16N2O4S. The molecule has 0 aromatic carbocycles. The molecule has 0 spiro atoms. The highest BCUT2D eigenvalue weighted by Crippen LogP contribution is 2.30. The van der Waals surface area contributed by atoms with Crippen LogP contribution in [0.5, 0.6) is 0 Å². The molecule has 6 nitrogen and oxygen atoms in total. The van der Waals surface area contributed by atoms with E-state index in [4.69, 9.17) is 9.84 Å². The van der Waals surface area contributed by atoms with E-state index < -0.39 is 5.97 Å². The summed E-state index contributed by atoms with van der Waals surface area (Å²) in [5.74, 6) is -1.37. The van der Waals surface area contributed by atoms with Crippen molar-refractivity contribution >= 4 is 23.2 Å². The van der Waals surface area contributed by atoms with Crippen LogP contribution in [0.25, 0.3) is 0 Å². The van der Waals surface area contributed by atoms with E-state index in [1.807, 2.05) is 0 Å². The number of thiazole rings is 1. The number of ether oxygens (including phenoxy) is 1. The van der Waals surface area contributed by atoms with Gasteiger partial charge in [-0.05, 0) is 19.8 Å². The molecule has 104 valence electrons. The standard InChI is InChI=1S/C12H16N2O4S/c1-2-14(6-10(15)16)12(17)8-7-19-11(13-8)9-4-3-5-18-9/h7,9H,2-6H2,1H3,(H,15,16). The predicted octanol–water partition coefficient (Wildman–Crippen LogP) is 1.54. The zero-order valence-corrected chi connectivity index (χ0v) is 11.5. The number of nitrogens with zero attached hydrogens (tertiary/aromatic N) is 2. The Morgan fingerprint density at radius 1 is 1.63 bits per heavy atom. The fourth-order valence-electron chi connectivity index (χ4n) is 1.96. The maximum Gasteiger partial charge on any atom is 0.323 e. The van der Waals surface area contributed by atoms with Crippen molar-refractivity contribution in [1.29, 1.82) is 0 Å². The minimum Gasteiger partial charge on any atom is -0.480 e. The summed E-state index contributed by atoms with van der Waals surface area (Å²) in [6.07, 6.45) is 1.92. The normalized spacial score (nSPS) is 18.5. The van der Waals surface area contributed by atoms with E-state index in [1.165, 1.54) is 16.2 Å². The van der Waals surface area contributed by atoms with E-state index in [0.29, 0.717) is 12.2 Å². The van der Waals surface area contributed by atoms with Gasteiger partial charge in [0.1, 0.15) is 23.4 Å². The second kappa shape index (κ2) is 6.12. The molecular weight excluding hydrogens is 268 g/mol. The predicted molar refractivity (Wildman–Crippen MR) is 69.3 cm³/mol. The summed E-state index contributed by atoms with van der Waals surface area (Å²) in [4.78, 5) is 28.3. The van der Waals surface area contributed by atoms with Crippen molar-refractivity contribution < 1.29 is 19.4 Å². The van der Waals surface area contributed by atoms with E-state index in [9.17, 15) is 9.59 Å². The van der Waals surface area contributed by atoms with Gasteiger partial charge in [0.05, 0.1) is 0 Å². The van der Waals surface area contributed by atoms with E-state index in [0.717, 1.165) is 24.5 Å². The number of hydrogen-bond donors (Lipinski definition) is 1. The van der Waals surface area contributed by atoms with Crippen LogP contribution < -0.4 is 0 Å². The Labute approximate surface area is 115 Å². The first kappa shape index (κ1) is 14.0. The SMILES string of the molecule is CCN(CC(=O)O)C(=O)c1csc(C2CCCO2)n1. The second-order valence-corrected chi connectivity index (χ2v) is 5.18. The molecule has 1 saturated heterocycles. The molecule has 0 bridgehead atoms. The monoisotopic (exact) mass is 284 g/mol. The Morgan fingerprint density at radius 3 is 3.00 bits per heavy atom. The Bertz CT molecular complexity index is 468. The first-order valence-electron chi connectivity index (χ1n) is 6.20. The number of likely N-dealkylation sites (N-methyl/N-ethyl adjacent to an activating group) is 1. The quantitative estimate of drug-likeness (QED) is 0.887. The summed E-state index contributed by atoms with van der Waals surface area (Å²) in [7, 11) is 0. The third-order valence-electron chi connectivity index (χ3n) is 2.94. The molecule has 0 aliphatic carbocycles. The summed E-state index contributed by atoms with van der Waals surface area (Å²) in [5, 5.41) is 11.2. The third kappa shape index (κ3) is 3.30. The third-order valence-corrected chi connectivity index (χ3v) is 3.88. The number of carbonyl (C=O) groups is 2. The number of amides is 1. The Morgan fingerprint density at radius 2 is 2.42 bits per heavy atom. The molecule has 1 amide bonds. The topological polar surface area (TPSA) is 79.7 Å². The fraction of sp³-hybridized carbons (Fsp3) is 0.583. The minimum atomic E-state index is -1.02. The largest absolute Gasteiger partial charge is 0.480 e. The lowest BCUT2D eigenvalue weighted by molar-refractivity contribution is -0.137. The lowest BCUT2D eigenvalue weighted by Crippen LogP contribution is -2.35. The molecule has 1 unspecified atom stereocenters. The van der Waals surface area contributed by atoms with Crippen molar-refractivity contribution in [3.63, 3.8) is 0 Å². The average Bonchev–Trinajstić information content (AvgIpc) is 3.04. The van der Waals surface area contributed by atoms with E-state index in [-0.39, 0.29) is 18.6 Å². The molecule has 1 aliphatic heterocycles. The molecule has 1 fully saturated rings. The first-order chi connectivity index (χ1) is 9.11. The molecule has 2 heterocycles. The van der Waals surface area contributed by atoms with Crippen LogP contribution in [0.15, 0.2) is 5.38 Å². The van der Waals surface area contributed by atoms with Gasteiger partial charge in [-0.1, -0.05) is 0 Å². The maximum absolute atomic E-state index is 12.1. The van der Waals surface area contributed by atoms with Crippen molar-refractivity contribution in [1.82, 2.24) is 9.88 Å². The first-order valence-corrected chi connectivity index (χ1v) is 7.08. The van der Waals surface area contributed by atoms with Gasteiger partial charge in [0, 0.05) is 18.5 Å². The number of carbonyl (C=O) groups excluding carboxylic acids is 1. The summed E-state index contributed by atoms with van der Waals surface area (Å²) in [5.41, 5.74) is 0.304. The number of rotatable bonds is 5. The zero-order valence-electron chi connectivity index (χ0n) is 10.7. The van der Waals surface area contributed by atoms with Crippen molar-refractivity contribution in [2.75, 3.05) is 19.7 Å². The van der Waals surface area contributed by atoms with E-state index in [2.05, 4.69) is 4.98 Å². The fourth-order valence-corrected chi connectivity index (χ4v) is 2.83. The molecule has 7 heteroatoms. The molecule has 1 aliphatic rings. The Kier molecular flexibility index (Phi) is 4.49. The van der Waals surface area contributed by atoms with Crippen molar-refractivity contribution in [2.24, 2.45) is 0 Å². The summed E-state index contributed by atoms with van der Waals surface area (Å²) in [6.45, 7) is 2.52. The highest BCUT2D eigenvalue weighted by Gasteiger charge is 2.24. The van der Waals surface area contributed by atoms with Gasteiger partial charge in [0.25, 0.3) is 5.91 Å². The van der Waals surface area contributed by atoms with Gasteiger partial charge in [-0.3, -0.25) is 9.59 Å². The highest BCUT2D eigenvalue weighted by molar-refractivity contribution is 7.09. The number of aliphatic carboxylic acids is 1. The number of aromatic nitrogens is 1. The number of hydrogen-bond acceptors (Lipinski definition) is 5. The molecule has 1 atom stereocenters. The molecule has 0 radical (unpaired) electrons. The van der Waals surface area contributed by atoms with Crippen LogP contribution in [0.3, 0.4) is 0 Å². The van der Waals surface area contributed by atoms with Crippen LogP contribution in [-0.2, 0) is 9.53 Å². The van der Waals surface area contributed by atoms with Crippen LogP contribution in [-0.4, -0.2) is 46.6 Å². The van der Waals surface area contributed by atoms with Gasteiger partial charge in [-0.2, -0.15) is 0 Å². The highest BCUT2D eigenvalue weighted by atomic mass is 32.1. The van der Waals surface area contributed by atoms with Gasteiger partial charge >= 0.3 is 5.97 Å². The maximum atomic E-state index is 12.1. The second-order valence-electron chi connectivity index (χ2n) is 4.29. The average molecular weight is 284 g/mol. The van der Waals surface area contributed by atoms with Gasteiger partial charge in [0.2, 0.25) is 0 Å². The number of carboxylic acids is 1. The molecule has 1 N–H and O–H groups in total. The Hall–Kier alpha value is -1.47. The summed E-state index contributed by atoms with van der Waals surface area (Å²) < 4.78 is 5.51. The summed E-state index contributed by atoms with van der Waals surface area (Å²) >= 11 is 1.39. The molecule has 1 aromatic heterocycles. The zero-order chi connectivity index (χ0) is 13.8. The van der Waals surface area contributed by atoms with E-state index in [1.54, 1.807) is 12.3 Å². The van der Waals surface area contributed by atoms with Crippen LogP contribution in [0.4, 0.5) is 0 Å². The number of carboxylic acid groups (broad SMARTS) is 1. The van der Waals surface area contributed by atoms with Gasteiger partial charge in [-0.15, -0.1) is 11.3 Å². The van der Waals surface area contributed by atoms with Crippen LogP contribution in [0.1, 0.15) is 41.4 Å². The minimum absolute atomic E-state index is 0.0129. The molecule has 19 heavy (non-hydrogen) atoms. The van der Waals surface area contributed by atoms with Crippen LogP contribution in [0, 0.1) is 0 Å². The lowest BCUT2D eigenvalue weighted by atomic mass is 10.2. The van der Waals surface area contributed by atoms with Crippen molar-refractivity contribution in [3.8, 4) is 0 Å². The Balaban J connectivity index is 2.08. The molecule has 0 saturated carbocycles. The van der Waals surface area contributed by atoms with Crippen molar-refractivity contribution in [3.05, 3.63) is 16.1 Å². The van der Waals surface area contributed by atoms with Crippen molar-refractivity contribution in [2.45, 2.75) is 25.9 Å². The van der Waals surface area contributed by atoms with Crippen LogP contribution >= 0.6 is 11.3 Å². The molecule has 1 aromatic rings.